The highest BCUT2D eigenvalue weighted by Crippen LogP contribution is 2.45. The van der Waals surface area contributed by atoms with Gasteiger partial charge in [0.15, 0.2) is 0 Å². The van der Waals surface area contributed by atoms with Crippen molar-refractivity contribution in [1.82, 2.24) is 39.9 Å². The number of ether oxygens (including phenoxy) is 8. The maximum Gasteiger partial charge on any atom is 0.104 e. The first-order valence-electron chi connectivity index (χ1n) is 55.5. The molecule has 8 aromatic rings. The third-order valence-corrected chi connectivity index (χ3v) is 30.1. The van der Waals surface area contributed by atoms with Crippen molar-refractivity contribution in [2.75, 3.05) is 197 Å². The molecule has 32 nitrogen and oxygen atoms in total. The molecule has 16 heterocycles. The molecule has 3 aliphatic carbocycles. The first-order chi connectivity index (χ1) is 71.0. The van der Waals surface area contributed by atoms with E-state index in [1.54, 1.807) is 13.8 Å². The molecule has 11 aliphatic rings. The molecule has 0 radical (unpaired) electrons. The lowest BCUT2D eigenvalue weighted by Crippen LogP contribution is -2.56. The summed E-state index contributed by atoms with van der Waals surface area (Å²) in [7, 11) is 0. The first-order valence-corrected chi connectivity index (χ1v) is 55.5. The van der Waals surface area contributed by atoms with Crippen molar-refractivity contribution < 1.29 is 63.4 Å². The van der Waals surface area contributed by atoms with Crippen molar-refractivity contribution >= 4 is 45.5 Å². The number of morpholine rings is 8. The number of nitrogens with zero attached hydrogens (tertiary/aromatic N) is 16. The van der Waals surface area contributed by atoms with Crippen molar-refractivity contribution in [3.63, 3.8) is 0 Å². The van der Waals surface area contributed by atoms with Gasteiger partial charge in [0.1, 0.15) is 30.5 Å². The van der Waals surface area contributed by atoms with Gasteiger partial charge in [-0.05, 0) is 238 Å². The highest BCUT2D eigenvalue weighted by atomic mass is 16.5. The second kappa shape index (κ2) is 54.4. The lowest BCUT2D eigenvalue weighted by atomic mass is 9.97. The fourth-order valence-corrected chi connectivity index (χ4v) is 18.8. The zero-order chi connectivity index (χ0) is 109. The summed E-state index contributed by atoms with van der Waals surface area (Å²) in [6.07, 6.45) is 19.7. The number of aromatic nitrogens is 8. The quantitative estimate of drug-likeness (QED) is 0.0278. The van der Waals surface area contributed by atoms with E-state index >= 15 is 0 Å². The first kappa shape index (κ1) is 120. The summed E-state index contributed by atoms with van der Waals surface area (Å²) in [6, 6.07) is 33.8. The van der Waals surface area contributed by atoms with Crippen molar-refractivity contribution in [2.45, 2.75) is 346 Å². The van der Waals surface area contributed by atoms with E-state index in [-0.39, 0.29) is 65.4 Å². The second-order valence-corrected chi connectivity index (χ2v) is 47.1. The summed E-state index contributed by atoms with van der Waals surface area (Å²) < 4.78 is 45.5. The number of aliphatic hydroxyl groups excluding tert-OH is 2. The van der Waals surface area contributed by atoms with Gasteiger partial charge in [-0.15, -0.1) is 0 Å². The lowest BCUT2D eigenvalue weighted by molar-refractivity contribution is -0.0586. The minimum Gasteiger partial charge on any atom is -0.391 e. The number of nitrogens with two attached hydrogens (primary N) is 3. The van der Waals surface area contributed by atoms with Gasteiger partial charge in [-0.2, -0.15) is 0 Å². The molecule has 32 heteroatoms. The van der Waals surface area contributed by atoms with Crippen molar-refractivity contribution in [2.24, 2.45) is 17.2 Å². The molecule has 4 unspecified atom stereocenters. The van der Waals surface area contributed by atoms with Gasteiger partial charge in [-0.3, -0.25) is 39.9 Å². The summed E-state index contributed by atoms with van der Waals surface area (Å²) in [4.78, 5) is 54.2. The Morgan fingerprint density at radius 1 is 0.240 bits per heavy atom. The van der Waals surface area contributed by atoms with Gasteiger partial charge in [-0.25, -0.2) is 0 Å². The molecule has 8 aromatic heterocycles. The smallest absolute Gasteiger partial charge is 0.104 e. The molecule has 0 aromatic carbocycles. The Balaban J connectivity index is 0.000000152. The molecule has 830 valence electrons. The van der Waals surface area contributed by atoms with E-state index in [1.807, 2.05) is 91.1 Å². The van der Waals surface area contributed by atoms with Crippen molar-refractivity contribution in [3.05, 3.63) is 192 Å². The minimum atomic E-state index is -0.566. The molecule has 8 saturated heterocycles. The zero-order valence-corrected chi connectivity index (χ0v) is 94.9. The monoisotopic (exact) mass is 2080 g/mol. The van der Waals surface area contributed by atoms with Crippen LogP contribution in [0.3, 0.4) is 0 Å². The van der Waals surface area contributed by atoms with E-state index in [9.17, 15) is 25.5 Å². The highest BCUT2D eigenvalue weighted by Gasteiger charge is 2.53. The van der Waals surface area contributed by atoms with E-state index in [1.165, 1.54) is 0 Å². The Morgan fingerprint density at radius 3 is 0.533 bits per heavy atom. The van der Waals surface area contributed by atoms with E-state index in [4.69, 9.17) is 55.1 Å². The van der Waals surface area contributed by atoms with Gasteiger partial charge in [-0.1, -0.05) is 111 Å². The van der Waals surface area contributed by atoms with Crippen LogP contribution in [0, 0.1) is 0 Å². The average Bonchev–Trinajstić information content (AvgIpc) is 1.64. The third kappa shape index (κ3) is 35.2. The highest BCUT2D eigenvalue weighted by molar-refractivity contribution is 5.52. The number of rotatable bonds is 24. The summed E-state index contributed by atoms with van der Waals surface area (Å²) in [6.45, 7) is 68.7. The predicted octanol–water partition coefficient (Wildman–Crippen LogP) is 15.8. The Bertz CT molecular complexity index is 4560. The number of aliphatic hydroxyl groups is 5. The topological polar surface area (TPSA) is 382 Å². The van der Waals surface area contributed by atoms with Crippen LogP contribution in [-0.2, 0) is 37.9 Å². The van der Waals surface area contributed by atoms with Crippen molar-refractivity contribution in [3.8, 4) is 0 Å². The number of hydrogen-bond donors (Lipinski definition) is 8. The Morgan fingerprint density at radius 2 is 0.393 bits per heavy atom. The van der Waals surface area contributed by atoms with Crippen LogP contribution in [0.25, 0.3) is 0 Å². The van der Waals surface area contributed by atoms with Crippen LogP contribution in [0.4, 0.5) is 45.5 Å². The molecule has 10 atom stereocenters. The summed E-state index contributed by atoms with van der Waals surface area (Å²) in [5, 5.41) is 49.7. The Kier molecular flexibility index (Phi) is 43.3. The molecule has 11 fully saturated rings. The minimum absolute atomic E-state index is 0.0500. The average molecular weight is 2080 g/mol. The van der Waals surface area contributed by atoms with Crippen LogP contribution < -0.4 is 56.4 Å². The summed E-state index contributed by atoms with van der Waals surface area (Å²) in [5.41, 5.74) is 33.8. The maximum absolute atomic E-state index is 10.2. The number of hydrogen-bond acceptors (Lipinski definition) is 32. The number of anilines is 8. The molecule has 150 heavy (non-hydrogen) atoms. The van der Waals surface area contributed by atoms with Gasteiger partial charge >= 0.3 is 0 Å². The van der Waals surface area contributed by atoms with Gasteiger partial charge in [0, 0.05) is 167 Å². The van der Waals surface area contributed by atoms with Crippen LogP contribution in [0.2, 0.25) is 0 Å². The molecular formula is C118H185N19O13. The fourth-order valence-electron chi connectivity index (χ4n) is 18.8. The molecule has 11 N–H and O–H groups in total. The van der Waals surface area contributed by atoms with Gasteiger partial charge in [0.2, 0.25) is 0 Å². The number of pyridine rings is 8. The molecule has 0 spiro atoms. The fraction of sp³-hybridized carbons (Fsp3) is 0.661. The summed E-state index contributed by atoms with van der Waals surface area (Å²) >= 11 is 0. The Hall–Kier alpha value is -9.04. The standard InChI is InChI=1S/3C15H25N3O.3C15H22N2O2.2C14H22N2O2/c3*1-11(2)13-6-5-12(9-17-13)18-7-8-19-14(10-18)15(3,4)16;3*1-11(2)13-4-3-12(9-16-13)17-7-8-19-14(10-17)15(18)5-6-15;2*1-10(2)13-5-4-12(8-15-13)16-6-7-18-14(9-16)11(3)17/h3*5-6,9,11,14H,7-8,10,16H2,1-4H3;3*3-4,9,11,14,18H,5-8,10H2,1-2H3;2*4-5,8,10-11,14,17H,6-7,9H2,1-3H3/t2*14-;;2*14-;;2*11-,14?/m10.10.10/s1. The molecule has 3 saturated carbocycles. The molecule has 0 bridgehead atoms. The largest absolute Gasteiger partial charge is 0.391 e. The maximum atomic E-state index is 10.2. The van der Waals surface area contributed by atoms with Crippen LogP contribution in [0.1, 0.15) is 298 Å². The van der Waals surface area contributed by atoms with Crippen LogP contribution >= 0.6 is 0 Å². The lowest BCUT2D eigenvalue weighted by Gasteiger charge is -2.40. The van der Waals surface area contributed by atoms with Gasteiger partial charge in [0.05, 0.1) is 195 Å². The third-order valence-electron chi connectivity index (χ3n) is 30.1. The predicted molar refractivity (Wildman–Crippen MR) is 603 cm³/mol. The van der Waals surface area contributed by atoms with Gasteiger partial charge < -0.3 is 120 Å². The van der Waals surface area contributed by atoms with Crippen LogP contribution in [0.15, 0.2) is 147 Å². The van der Waals surface area contributed by atoms with Crippen molar-refractivity contribution in [1.29, 1.82) is 0 Å². The van der Waals surface area contributed by atoms with E-state index < -0.39 is 29.0 Å². The SMILES string of the molecule is CC(C)c1ccc(N2CCOC(C(C)(C)N)C2)cn1.CC(C)c1ccc(N2CCOC(C3(O)CC3)C2)cn1.CC(C)c1ccc(N2CCOC([C@@H](C)O)C2)cn1.CC(C)c1ccc(N2CCOC([C@H](C)O)C2)cn1.CC(C)c1ccc(N2CCO[C@@H](C(C)(C)N)C2)cn1.CC(C)c1ccc(N2CCO[C@@H](C3(O)CC3)C2)cn1.CC(C)c1ccc(N2CCO[C@H](C(C)(C)N)C2)cn1.CC(C)c1ccc(N2CCO[C@H](C3(O)CC3)C2)cn1. The van der Waals surface area contributed by atoms with Gasteiger partial charge in [0.25, 0.3) is 0 Å². The molecule has 19 rings (SSSR count). The molecule has 8 aliphatic heterocycles. The Labute approximate surface area is 896 Å². The normalized spacial score (nSPS) is 23.1. The summed E-state index contributed by atoms with van der Waals surface area (Å²) in [5.74, 6) is 3.68. The van der Waals surface area contributed by atoms with E-state index in [0.717, 1.165) is 254 Å². The van der Waals surface area contributed by atoms with Crippen LogP contribution in [-0.4, -0.2) is 317 Å². The van der Waals surface area contributed by atoms with Crippen LogP contribution in [0.5, 0.6) is 0 Å². The molecule has 0 amide bonds. The van der Waals surface area contributed by atoms with E-state index in [0.29, 0.717) is 80.4 Å². The zero-order valence-electron chi connectivity index (χ0n) is 94.9. The molecular weight excluding hydrogens is 1890 g/mol. The second-order valence-electron chi connectivity index (χ2n) is 47.1. The van der Waals surface area contributed by atoms with E-state index in [2.05, 4.69) is 287 Å².